The minimum atomic E-state index is -0.334. The minimum absolute atomic E-state index is 0.0227. The third-order valence-corrected chi connectivity index (χ3v) is 4.23. The molecule has 0 aromatic heterocycles. The molecule has 1 aromatic carbocycles. The lowest BCUT2D eigenvalue weighted by Gasteiger charge is -2.12. The second kappa shape index (κ2) is 9.66. The highest BCUT2D eigenvalue weighted by Gasteiger charge is 2.16. The monoisotopic (exact) mass is 346 g/mol. The summed E-state index contributed by atoms with van der Waals surface area (Å²) in [6, 6.07) is 7.02. The number of rotatable bonds is 7. The molecule has 0 atom stereocenters. The van der Waals surface area contributed by atoms with Gasteiger partial charge >= 0.3 is 6.03 Å². The first-order valence-corrected chi connectivity index (χ1v) is 8.70. The lowest BCUT2D eigenvalue weighted by molar-refractivity contribution is -0.121. The van der Waals surface area contributed by atoms with Crippen LogP contribution < -0.4 is 21.3 Å². The van der Waals surface area contributed by atoms with Gasteiger partial charge in [0.25, 0.3) is 5.91 Å². The van der Waals surface area contributed by atoms with Gasteiger partial charge in [0.15, 0.2) is 0 Å². The van der Waals surface area contributed by atoms with Crippen molar-refractivity contribution >= 4 is 17.8 Å². The van der Waals surface area contributed by atoms with Gasteiger partial charge in [-0.15, -0.1) is 0 Å². The minimum Gasteiger partial charge on any atom is -0.355 e. The van der Waals surface area contributed by atoms with Gasteiger partial charge in [0.2, 0.25) is 5.91 Å². The molecule has 136 valence electrons. The lowest BCUT2D eigenvalue weighted by atomic mass is 10.1. The smallest absolute Gasteiger partial charge is 0.315 e. The number of amides is 4. The number of hydrogen-bond donors (Lipinski definition) is 4. The van der Waals surface area contributed by atoms with Gasteiger partial charge in [-0.3, -0.25) is 9.59 Å². The van der Waals surface area contributed by atoms with Crippen LogP contribution in [0, 0.1) is 0 Å². The van der Waals surface area contributed by atoms with E-state index in [-0.39, 0.29) is 24.3 Å². The molecule has 0 aliphatic heterocycles. The average molecular weight is 346 g/mol. The zero-order valence-corrected chi connectivity index (χ0v) is 14.6. The summed E-state index contributed by atoms with van der Waals surface area (Å²) in [6.45, 7) is 0.605. The molecule has 7 heteroatoms. The molecule has 7 nitrogen and oxygen atoms in total. The number of carbonyl (C=O) groups is 3. The number of carbonyl (C=O) groups excluding carboxylic acids is 3. The quantitative estimate of drug-likeness (QED) is 0.599. The van der Waals surface area contributed by atoms with Gasteiger partial charge < -0.3 is 21.3 Å². The van der Waals surface area contributed by atoms with Crippen LogP contribution in [-0.4, -0.2) is 37.5 Å². The Morgan fingerprint density at radius 2 is 1.88 bits per heavy atom. The summed E-state index contributed by atoms with van der Waals surface area (Å²) in [5.74, 6) is -0.190. The van der Waals surface area contributed by atoms with Gasteiger partial charge in [-0.05, 0) is 30.5 Å². The SMILES string of the molecule is CNC(=O)c1cccc(CNC(=O)NCCC(=O)NC2CCCC2)c1. The fraction of sp³-hybridized carbons (Fsp3) is 0.500. The van der Waals surface area contributed by atoms with E-state index in [0.29, 0.717) is 24.7 Å². The van der Waals surface area contributed by atoms with Crippen molar-refractivity contribution in [3.63, 3.8) is 0 Å². The molecule has 0 spiro atoms. The summed E-state index contributed by atoms with van der Waals surface area (Å²) in [6.07, 6.45) is 4.72. The third kappa shape index (κ3) is 6.45. The van der Waals surface area contributed by atoms with Crippen molar-refractivity contribution in [3.05, 3.63) is 35.4 Å². The standard InChI is InChI=1S/C18H26N4O3/c1-19-17(24)14-6-4-5-13(11-14)12-21-18(25)20-10-9-16(23)22-15-7-2-3-8-15/h4-6,11,15H,2-3,7-10,12H2,1H3,(H,19,24)(H,22,23)(H2,20,21,25). The van der Waals surface area contributed by atoms with Crippen molar-refractivity contribution in [1.82, 2.24) is 21.3 Å². The molecule has 1 aliphatic carbocycles. The van der Waals surface area contributed by atoms with E-state index in [0.717, 1.165) is 18.4 Å². The van der Waals surface area contributed by atoms with Crippen LogP contribution in [0.1, 0.15) is 48.0 Å². The maximum atomic E-state index is 11.8. The van der Waals surface area contributed by atoms with Crippen LogP contribution in [0.5, 0.6) is 0 Å². The van der Waals surface area contributed by atoms with Crippen LogP contribution in [0.2, 0.25) is 0 Å². The molecule has 1 saturated carbocycles. The van der Waals surface area contributed by atoms with Crippen LogP contribution in [-0.2, 0) is 11.3 Å². The fourth-order valence-corrected chi connectivity index (χ4v) is 2.87. The lowest BCUT2D eigenvalue weighted by Crippen LogP contribution is -2.39. The number of urea groups is 1. The van der Waals surface area contributed by atoms with Gasteiger partial charge in [-0.2, -0.15) is 0 Å². The van der Waals surface area contributed by atoms with Gasteiger partial charge in [0.1, 0.15) is 0 Å². The molecule has 1 aliphatic rings. The fourth-order valence-electron chi connectivity index (χ4n) is 2.87. The Bertz CT molecular complexity index is 612. The molecule has 0 radical (unpaired) electrons. The second-order valence-electron chi connectivity index (χ2n) is 6.19. The third-order valence-electron chi connectivity index (χ3n) is 4.23. The zero-order valence-electron chi connectivity index (χ0n) is 14.6. The van der Waals surface area contributed by atoms with Crippen molar-refractivity contribution in [2.24, 2.45) is 0 Å². The Morgan fingerprint density at radius 1 is 1.12 bits per heavy atom. The van der Waals surface area contributed by atoms with Crippen molar-refractivity contribution in [2.45, 2.75) is 44.7 Å². The normalized spacial score (nSPS) is 14.0. The van der Waals surface area contributed by atoms with Crippen molar-refractivity contribution in [2.75, 3.05) is 13.6 Å². The predicted molar refractivity (Wildman–Crippen MR) is 95.1 cm³/mol. The number of nitrogens with one attached hydrogen (secondary N) is 4. The maximum Gasteiger partial charge on any atom is 0.315 e. The Labute approximate surface area is 147 Å². The van der Waals surface area contributed by atoms with Gasteiger partial charge in [-0.1, -0.05) is 25.0 Å². The topological polar surface area (TPSA) is 99.3 Å². The highest BCUT2D eigenvalue weighted by Crippen LogP contribution is 2.17. The van der Waals surface area contributed by atoms with E-state index < -0.39 is 0 Å². The van der Waals surface area contributed by atoms with Crippen LogP contribution in [0.25, 0.3) is 0 Å². The van der Waals surface area contributed by atoms with E-state index in [9.17, 15) is 14.4 Å². The molecule has 1 aromatic rings. The van der Waals surface area contributed by atoms with Crippen LogP contribution in [0.15, 0.2) is 24.3 Å². The molecule has 0 saturated heterocycles. The predicted octanol–water partition coefficient (Wildman–Crippen LogP) is 1.29. The van der Waals surface area contributed by atoms with E-state index in [4.69, 9.17) is 0 Å². The molecule has 4 amide bonds. The molecule has 1 fully saturated rings. The van der Waals surface area contributed by atoms with Crippen LogP contribution in [0.3, 0.4) is 0 Å². The van der Waals surface area contributed by atoms with E-state index in [1.54, 1.807) is 25.2 Å². The summed E-state index contributed by atoms with van der Waals surface area (Å²) >= 11 is 0. The maximum absolute atomic E-state index is 11.8. The molecule has 25 heavy (non-hydrogen) atoms. The van der Waals surface area contributed by atoms with Crippen molar-refractivity contribution in [3.8, 4) is 0 Å². The largest absolute Gasteiger partial charge is 0.355 e. The van der Waals surface area contributed by atoms with Crippen molar-refractivity contribution in [1.29, 1.82) is 0 Å². The van der Waals surface area contributed by atoms with Crippen LogP contribution in [0.4, 0.5) is 4.79 Å². The first-order valence-electron chi connectivity index (χ1n) is 8.70. The molecule has 0 bridgehead atoms. The summed E-state index contributed by atoms with van der Waals surface area (Å²) in [4.78, 5) is 35.1. The Hall–Kier alpha value is -2.57. The molecular weight excluding hydrogens is 320 g/mol. The van der Waals surface area contributed by atoms with Gasteiger partial charge in [0, 0.05) is 38.2 Å². The molecular formula is C18H26N4O3. The number of hydrogen-bond acceptors (Lipinski definition) is 3. The number of benzene rings is 1. The zero-order chi connectivity index (χ0) is 18.1. The summed E-state index contributed by atoms with van der Waals surface area (Å²) in [5, 5.41) is 10.9. The Kier molecular flexibility index (Phi) is 7.25. The Balaban J connectivity index is 1.65. The highest BCUT2D eigenvalue weighted by atomic mass is 16.2. The summed E-state index contributed by atoms with van der Waals surface area (Å²) in [5.41, 5.74) is 1.38. The molecule has 0 heterocycles. The average Bonchev–Trinajstić information content (AvgIpc) is 3.12. The van der Waals surface area contributed by atoms with E-state index in [2.05, 4.69) is 21.3 Å². The first kappa shape index (κ1) is 18.8. The second-order valence-corrected chi connectivity index (χ2v) is 6.19. The Morgan fingerprint density at radius 3 is 2.60 bits per heavy atom. The van der Waals surface area contributed by atoms with Crippen molar-refractivity contribution < 1.29 is 14.4 Å². The highest BCUT2D eigenvalue weighted by molar-refractivity contribution is 5.94. The molecule has 4 N–H and O–H groups in total. The van der Waals surface area contributed by atoms with E-state index in [1.165, 1.54) is 12.8 Å². The summed E-state index contributed by atoms with van der Waals surface area (Å²) in [7, 11) is 1.57. The van der Waals surface area contributed by atoms with Gasteiger partial charge in [-0.25, -0.2) is 4.79 Å². The molecule has 2 rings (SSSR count). The van der Waals surface area contributed by atoms with E-state index >= 15 is 0 Å². The van der Waals surface area contributed by atoms with E-state index in [1.807, 2.05) is 6.07 Å². The molecule has 0 unspecified atom stereocenters. The van der Waals surface area contributed by atoms with Gasteiger partial charge in [0.05, 0.1) is 0 Å². The summed E-state index contributed by atoms with van der Waals surface area (Å²) < 4.78 is 0. The van der Waals surface area contributed by atoms with Crippen LogP contribution >= 0.6 is 0 Å². The first-order chi connectivity index (χ1) is 12.1.